The van der Waals surface area contributed by atoms with Crippen molar-refractivity contribution in [2.45, 2.75) is 13.0 Å². The highest BCUT2D eigenvalue weighted by Gasteiger charge is 2.09. The van der Waals surface area contributed by atoms with E-state index in [9.17, 15) is 0 Å². The van der Waals surface area contributed by atoms with Crippen LogP contribution in [0.15, 0.2) is 22.7 Å². The van der Waals surface area contributed by atoms with E-state index in [1.165, 1.54) is 0 Å². The molecule has 0 spiro atoms. The highest BCUT2D eigenvalue weighted by Crippen LogP contribution is 2.21. The molecule has 0 fully saturated rings. The molecule has 1 N–H and O–H groups in total. The molecule has 0 atom stereocenters. The van der Waals surface area contributed by atoms with Crippen molar-refractivity contribution in [3.63, 3.8) is 0 Å². The molecule has 2 rings (SSSR count). The zero-order valence-corrected chi connectivity index (χ0v) is 10.1. The number of aliphatic hydroxyl groups excluding tert-OH is 1. The first kappa shape index (κ1) is 11.1. The number of fused-ring (bicyclic) bond motifs is 1. The van der Waals surface area contributed by atoms with E-state index in [0.717, 1.165) is 15.5 Å². The van der Waals surface area contributed by atoms with Crippen LogP contribution in [0.2, 0.25) is 0 Å². The molecule has 1 heterocycles. The topological polar surface area (TPSA) is 61.8 Å². The van der Waals surface area contributed by atoms with Crippen molar-refractivity contribution in [1.29, 1.82) is 5.26 Å². The third kappa shape index (κ3) is 1.94. The first-order valence-corrected chi connectivity index (χ1v) is 5.68. The molecule has 2 aromatic rings. The minimum absolute atomic E-state index is 0.0416. The monoisotopic (exact) mass is 279 g/mol. The fraction of sp³-hybridized carbons (Fsp3) is 0.273. The van der Waals surface area contributed by atoms with Gasteiger partial charge in [-0.1, -0.05) is 15.9 Å². The molecule has 0 bridgehead atoms. The van der Waals surface area contributed by atoms with Gasteiger partial charge in [-0.2, -0.15) is 5.26 Å². The third-order valence-corrected chi connectivity index (χ3v) is 2.84. The third-order valence-electron chi connectivity index (χ3n) is 2.35. The molecule has 1 aromatic heterocycles. The minimum atomic E-state index is 0.0416. The van der Waals surface area contributed by atoms with E-state index in [0.29, 0.717) is 12.4 Å². The van der Waals surface area contributed by atoms with E-state index in [1.807, 2.05) is 22.8 Å². The highest BCUT2D eigenvalue weighted by atomic mass is 79.9. The molecule has 0 aliphatic heterocycles. The number of halogens is 1. The number of nitriles is 1. The summed E-state index contributed by atoms with van der Waals surface area (Å²) in [5, 5.41) is 17.7. The van der Waals surface area contributed by atoms with Crippen molar-refractivity contribution in [1.82, 2.24) is 9.55 Å². The summed E-state index contributed by atoms with van der Waals surface area (Å²) in [7, 11) is 0. The van der Waals surface area contributed by atoms with Crippen molar-refractivity contribution in [3.8, 4) is 6.07 Å². The van der Waals surface area contributed by atoms with Crippen LogP contribution in [0.4, 0.5) is 0 Å². The van der Waals surface area contributed by atoms with Gasteiger partial charge in [0, 0.05) is 11.0 Å². The maximum absolute atomic E-state index is 9.00. The molecule has 0 radical (unpaired) electrons. The van der Waals surface area contributed by atoms with Gasteiger partial charge in [0.25, 0.3) is 0 Å². The standard InChI is InChI=1S/C11H10BrN3O/c12-8-1-2-10-9(7-8)14-11(3-4-13)15(10)5-6-16/h1-2,7,16H,3,5-6H2. The number of nitrogens with zero attached hydrogens (tertiary/aromatic N) is 3. The predicted molar refractivity (Wildman–Crippen MR) is 63.8 cm³/mol. The van der Waals surface area contributed by atoms with Gasteiger partial charge in [-0.25, -0.2) is 4.98 Å². The SMILES string of the molecule is N#CCc1nc2cc(Br)ccc2n1CCO. The lowest BCUT2D eigenvalue weighted by atomic mass is 10.3. The number of hydrogen-bond donors (Lipinski definition) is 1. The second kappa shape index (κ2) is 4.64. The Morgan fingerprint density at radius 1 is 1.50 bits per heavy atom. The fourth-order valence-electron chi connectivity index (χ4n) is 1.71. The van der Waals surface area contributed by atoms with Crippen LogP contribution < -0.4 is 0 Å². The number of aromatic nitrogens is 2. The molecule has 0 unspecified atom stereocenters. The number of imidazole rings is 1. The summed E-state index contributed by atoms with van der Waals surface area (Å²) < 4.78 is 2.84. The van der Waals surface area contributed by atoms with Crippen LogP contribution >= 0.6 is 15.9 Å². The Bertz CT molecular complexity index is 556. The van der Waals surface area contributed by atoms with E-state index >= 15 is 0 Å². The van der Waals surface area contributed by atoms with Gasteiger partial charge in [0.2, 0.25) is 0 Å². The van der Waals surface area contributed by atoms with E-state index in [4.69, 9.17) is 10.4 Å². The van der Waals surface area contributed by atoms with E-state index < -0.39 is 0 Å². The first-order chi connectivity index (χ1) is 7.76. The Morgan fingerprint density at radius 2 is 2.31 bits per heavy atom. The van der Waals surface area contributed by atoms with Crippen molar-refractivity contribution in [3.05, 3.63) is 28.5 Å². The normalized spacial score (nSPS) is 10.6. The van der Waals surface area contributed by atoms with Gasteiger partial charge in [0.15, 0.2) is 0 Å². The summed E-state index contributed by atoms with van der Waals surface area (Å²) in [4.78, 5) is 4.38. The summed E-state index contributed by atoms with van der Waals surface area (Å²) in [6.45, 7) is 0.509. The predicted octanol–water partition coefficient (Wildman–Crippen LogP) is 1.86. The van der Waals surface area contributed by atoms with Crippen molar-refractivity contribution < 1.29 is 5.11 Å². The Kier molecular flexibility index (Phi) is 3.22. The summed E-state index contributed by atoms with van der Waals surface area (Å²) in [6.07, 6.45) is 0.256. The van der Waals surface area contributed by atoms with Crippen LogP contribution in [-0.4, -0.2) is 21.3 Å². The van der Waals surface area contributed by atoms with Crippen LogP contribution in [0.3, 0.4) is 0 Å². The lowest BCUT2D eigenvalue weighted by molar-refractivity contribution is 0.276. The molecule has 1 aromatic carbocycles. The molecule has 82 valence electrons. The average molecular weight is 280 g/mol. The van der Waals surface area contributed by atoms with Crippen LogP contribution in [0.1, 0.15) is 5.82 Å². The Morgan fingerprint density at radius 3 is 3.00 bits per heavy atom. The van der Waals surface area contributed by atoms with Crippen LogP contribution in [-0.2, 0) is 13.0 Å². The molecule has 4 nitrogen and oxygen atoms in total. The highest BCUT2D eigenvalue weighted by molar-refractivity contribution is 9.10. The molecule has 0 aliphatic carbocycles. The van der Waals surface area contributed by atoms with Gasteiger partial charge in [-0.3, -0.25) is 0 Å². The Labute approximate surface area is 101 Å². The van der Waals surface area contributed by atoms with Crippen molar-refractivity contribution in [2.75, 3.05) is 6.61 Å². The zero-order chi connectivity index (χ0) is 11.5. The maximum atomic E-state index is 9.00. The molecule has 5 heteroatoms. The largest absolute Gasteiger partial charge is 0.395 e. The maximum Gasteiger partial charge on any atom is 0.124 e. The van der Waals surface area contributed by atoms with Crippen LogP contribution in [0, 0.1) is 11.3 Å². The Balaban J connectivity index is 2.61. The lowest BCUT2D eigenvalue weighted by Crippen LogP contribution is -2.06. The smallest absolute Gasteiger partial charge is 0.124 e. The van der Waals surface area contributed by atoms with Gasteiger partial charge in [0.1, 0.15) is 5.82 Å². The molecule has 16 heavy (non-hydrogen) atoms. The summed E-state index contributed by atoms with van der Waals surface area (Å²) >= 11 is 3.38. The van der Waals surface area contributed by atoms with Gasteiger partial charge in [0.05, 0.1) is 30.1 Å². The summed E-state index contributed by atoms with van der Waals surface area (Å²) in [5.74, 6) is 0.699. The molecule has 0 saturated heterocycles. The molecule has 0 amide bonds. The van der Waals surface area contributed by atoms with Crippen molar-refractivity contribution >= 4 is 27.0 Å². The number of rotatable bonds is 3. The molecule has 0 saturated carbocycles. The fourth-order valence-corrected chi connectivity index (χ4v) is 2.06. The summed E-state index contributed by atoms with van der Waals surface area (Å²) in [6, 6.07) is 7.85. The van der Waals surface area contributed by atoms with Gasteiger partial charge < -0.3 is 9.67 Å². The number of hydrogen-bond acceptors (Lipinski definition) is 3. The second-order valence-electron chi connectivity index (χ2n) is 3.37. The van der Waals surface area contributed by atoms with Crippen LogP contribution in [0.5, 0.6) is 0 Å². The quantitative estimate of drug-likeness (QED) is 0.933. The number of benzene rings is 1. The lowest BCUT2D eigenvalue weighted by Gasteiger charge is -2.04. The first-order valence-electron chi connectivity index (χ1n) is 4.88. The van der Waals surface area contributed by atoms with Gasteiger partial charge in [-0.15, -0.1) is 0 Å². The molecular formula is C11H10BrN3O. The summed E-state index contributed by atoms with van der Waals surface area (Å²) in [5.41, 5.74) is 1.79. The number of aliphatic hydroxyl groups is 1. The Hall–Kier alpha value is -1.38. The van der Waals surface area contributed by atoms with E-state index in [2.05, 4.69) is 27.0 Å². The van der Waals surface area contributed by atoms with Gasteiger partial charge >= 0.3 is 0 Å². The van der Waals surface area contributed by atoms with Crippen LogP contribution in [0.25, 0.3) is 11.0 Å². The van der Waals surface area contributed by atoms with E-state index in [-0.39, 0.29) is 13.0 Å². The van der Waals surface area contributed by atoms with Crippen molar-refractivity contribution in [2.24, 2.45) is 0 Å². The second-order valence-corrected chi connectivity index (χ2v) is 4.29. The zero-order valence-electron chi connectivity index (χ0n) is 8.52. The van der Waals surface area contributed by atoms with E-state index in [1.54, 1.807) is 0 Å². The molecular weight excluding hydrogens is 270 g/mol. The average Bonchev–Trinajstić information content (AvgIpc) is 2.57. The molecule has 0 aliphatic rings. The van der Waals surface area contributed by atoms with Gasteiger partial charge in [-0.05, 0) is 18.2 Å². The minimum Gasteiger partial charge on any atom is -0.395 e.